The van der Waals surface area contributed by atoms with Crippen LogP contribution >= 0.6 is 0 Å². The maximum Gasteiger partial charge on any atom is 0.140 e. The average Bonchev–Trinajstić information content (AvgIpc) is 3.21. The number of rotatable bonds is 5. The van der Waals surface area contributed by atoms with Crippen molar-refractivity contribution in [2.75, 3.05) is 32.4 Å². The van der Waals surface area contributed by atoms with E-state index in [-0.39, 0.29) is 0 Å². The highest BCUT2D eigenvalue weighted by molar-refractivity contribution is 7.84. The van der Waals surface area contributed by atoms with Gasteiger partial charge in [0.2, 0.25) is 0 Å². The fourth-order valence-corrected chi connectivity index (χ4v) is 6.87. The molecular weight excluding hydrogens is 452 g/mol. The number of hydrogen-bond donors (Lipinski definition) is 0. The van der Waals surface area contributed by atoms with Crippen LogP contribution in [-0.4, -0.2) is 68.1 Å². The number of aryl methyl sites for hydroxylation is 2. The van der Waals surface area contributed by atoms with Gasteiger partial charge in [0.15, 0.2) is 0 Å². The van der Waals surface area contributed by atoms with Gasteiger partial charge in [-0.25, -0.2) is 4.98 Å². The molecule has 1 aromatic heterocycles. The van der Waals surface area contributed by atoms with Gasteiger partial charge in [-0.1, -0.05) is 18.2 Å². The minimum absolute atomic E-state index is 0.628. The standard InChI is InChI=1S/C29H40N4OS/c1-20(2)32-18-14-24(15-19-32)33-16-12-22(13-17-33)26-10-11-27-28(21(26)3)31(4)29(30-27)23-6-8-25(9-7-23)35(5)34/h6-11,20,22,24H,12-19H2,1-5H3. The Hall–Kier alpha value is -2.02. The summed E-state index contributed by atoms with van der Waals surface area (Å²) in [5.41, 5.74) is 6.23. The van der Waals surface area contributed by atoms with Crippen molar-refractivity contribution in [1.29, 1.82) is 0 Å². The first-order valence-electron chi connectivity index (χ1n) is 13.2. The van der Waals surface area contributed by atoms with Crippen molar-refractivity contribution in [1.82, 2.24) is 19.4 Å². The lowest BCUT2D eigenvalue weighted by Gasteiger charge is -2.43. The summed E-state index contributed by atoms with van der Waals surface area (Å²) in [6.07, 6.45) is 6.85. The van der Waals surface area contributed by atoms with E-state index < -0.39 is 10.8 Å². The van der Waals surface area contributed by atoms with Gasteiger partial charge in [-0.2, -0.15) is 0 Å². The zero-order valence-electron chi connectivity index (χ0n) is 22.0. The van der Waals surface area contributed by atoms with Crippen LogP contribution in [0, 0.1) is 6.92 Å². The van der Waals surface area contributed by atoms with Gasteiger partial charge in [0.25, 0.3) is 0 Å². The maximum atomic E-state index is 11.8. The lowest BCUT2D eigenvalue weighted by molar-refractivity contribution is 0.0753. The van der Waals surface area contributed by atoms with E-state index in [2.05, 4.69) is 54.3 Å². The zero-order chi connectivity index (χ0) is 24.7. The van der Waals surface area contributed by atoms with E-state index in [9.17, 15) is 4.21 Å². The number of benzene rings is 2. The van der Waals surface area contributed by atoms with Gasteiger partial charge < -0.3 is 14.4 Å². The zero-order valence-corrected chi connectivity index (χ0v) is 22.8. The highest BCUT2D eigenvalue weighted by Crippen LogP contribution is 2.36. The predicted molar refractivity (Wildman–Crippen MR) is 146 cm³/mol. The Kier molecular flexibility index (Phi) is 7.16. The topological polar surface area (TPSA) is 41.4 Å². The number of hydrogen-bond acceptors (Lipinski definition) is 4. The molecule has 2 fully saturated rings. The molecule has 2 saturated heterocycles. The SMILES string of the molecule is Cc1c(C2CCN(C3CCN(C(C)C)CC3)CC2)ccc2nc(-c3ccc(S(C)=O)cc3)n(C)c12. The molecule has 0 saturated carbocycles. The van der Waals surface area contributed by atoms with E-state index >= 15 is 0 Å². The van der Waals surface area contributed by atoms with Gasteiger partial charge in [-0.3, -0.25) is 4.21 Å². The predicted octanol–water partition coefficient (Wildman–Crippen LogP) is 5.34. The van der Waals surface area contributed by atoms with E-state index in [1.807, 2.05) is 24.3 Å². The molecule has 5 nitrogen and oxygen atoms in total. The number of imidazole rings is 1. The van der Waals surface area contributed by atoms with Gasteiger partial charge >= 0.3 is 0 Å². The van der Waals surface area contributed by atoms with Crippen molar-refractivity contribution in [3.8, 4) is 11.4 Å². The van der Waals surface area contributed by atoms with Crippen LogP contribution in [0.15, 0.2) is 41.3 Å². The number of piperidine rings is 2. The fourth-order valence-electron chi connectivity index (χ4n) is 6.35. The lowest BCUT2D eigenvalue weighted by Crippen LogP contribution is -2.48. The van der Waals surface area contributed by atoms with Gasteiger partial charge in [-0.15, -0.1) is 0 Å². The van der Waals surface area contributed by atoms with Crippen molar-refractivity contribution >= 4 is 21.8 Å². The van der Waals surface area contributed by atoms with Crippen molar-refractivity contribution in [2.24, 2.45) is 7.05 Å². The quantitative estimate of drug-likeness (QED) is 0.482. The van der Waals surface area contributed by atoms with Gasteiger partial charge in [0.1, 0.15) is 5.82 Å². The van der Waals surface area contributed by atoms with E-state index in [4.69, 9.17) is 4.98 Å². The Labute approximate surface area is 213 Å². The minimum Gasteiger partial charge on any atom is -0.327 e. The molecule has 188 valence electrons. The summed E-state index contributed by atoms with van der Waals surface area (Å²) in [5.74, 6) is 1.60. The second kappa shape index (κ2) is 10.2. The van der Waals surface area contributed by atoms with Crippen LogP contribution in [0.2, 0.25) is 0 Å². The third-order valence-electron chi connectivity index (χ3n) is 8.49. The van der Waals surface area contributed by atoms with E-state index in [1.54, 1.807) is 6.26 Å². The van der Waals surface area contributed by atoms with Gasteiger partial charge in [-0.05, 0) is 108 Å². The molecule has 0 N–H and O–H groups in total. The largest absolute Gasteiger partial charge is 0.327 e. The van der Waals surface area contributed by atoms with E-state index in [0.717, 1.165) is 27.8 Å². The Balaban J connectivity index is 1.31. The molecule has 0 radical (unpaired) electrons. The monoisotopic (exact) mass is 492 g/mol. The van der Waals surface area contributed by atoms with Crippen LogP contribution in [0.25, 0.3) is 22.4 Å². The summed E-state index contributed by atoms with van der Waals surface area (Å²) < 4.78 is 14.0. The third-order valence-corrected chi connectivity index (χ3v) is 9.43. The van der Waals surface area contributed by atoms with Crippen LogP contribution in [0.3, 0.4) is 0 Å². The summed E-state index contributed by atoms with van der Waals surface area (Å²) in [6.45, 7) is 11.9. The smallest absolute Gasteiger partial charge is 0.140 e. The van der Waals surface area contributed by atoms with Crippen LogP contribution < -0.4 is 0 Å². The molecule has 1 atom stereocenters. The summed E-state index contributed by atoms with van der Waals surface area (Å²) in [7, 11) is 1.16. The highest BCUT2D eigenvalue weighted by atomic mass is 32.2. The molecule has 3 heterocycles. The first kappa shape index (κ1) is 24.7. The van der Waals surface area contributed by atoms with E-state index in [1.165, 1.54) is 68.5 Å². The highest BCUT2D eigenvalue weighted by Gasteiger charge is 2.30. The Morgan fingerprint density at radius 3 is 2.20 bits per heavy atom. The van der Waals surface area contributed by atoms with Crippen LogP contribution in [0.5, 0.6) is 0 Å². The third kappa shape index (κ3) is 4.85. The summed E-state index contributed by atoms with van der Waals surface area (Å²) in [4.78, 5) is 11.2. The summed E-state index contributed by atoms with van der Waals surface area (Å²) in [5, 5.41) is 0. The molecule has 0 amide bonds. The number of fused-ring (bicyclic) bond motifs is 1. The molecule has 0 bridgehead atoms. The Morgan fingerprint density at radius 1 is 0.943 bits per heavy atom. The molecule has 5 rings (SSSR count). The minimum atomic E-state index is -0.964. The van der Waals surface area contributed by atoms with Gasteiger partial charge in [0.05, 0.1) is 11.0 Å². The normalized spacial score (nSPS) is 20.2. The average molecular weight is 493 g/mol. The molecule has 1 unspecified atom stereocenters. The van der Waals surface area contributed by atoms with Crippen molar-refractivity contribution < 1.29 is 4.21 Å². The first-order chi connectivity index (χ1) is 16.8. The summed E-state index contributed by atoms with van der Waals surface area (Å²) in [6, 6.07) is 14.0. The maximum absolute atomic E-state index is 11.8. The lowest BCUT2D eigenvalue weighted by atomic mass is 9.85. The fraction of sp³-hybridized carbons (Fsp3) is 0.552. The number of aromatic nitrogens is 2. The molecule has 0 aliphatic carbocycles. The number of nitrogens with zero attached hydrogens (tertiary/aromatic N) is 4. The molecule has 35 heavy (non-hydrogen) atoms. The van der Waals surface area contributed by atoms with E-state index in [0.29, 0.717) is 12.0 Å². The molecule has 6 heteroatoms. The first-order valence-corrected chi connectivity index (χ1v) is 14.8. The Morgan fingerprint density at radius 2 is 1.60 bits per heavy atom. The summed E-state index contributed by atoms with van der Waals surface area (Å²) >= 11 is 0. The molecule has 0 spiro atoms. The second-order valence-corrected chi connectivity index (χ2v) is 12.2. The van der Waals surface area contributed by atoms with Crippen molar-refractivity contribution in [3.05, 3.63) is 47.5 Å². The molecule has 2 aliphatic rings. The Bertz CT molecular complexity index is 1200. The van der Waals surface area contributed by atoms with Crippen LogP contribution in [-0.2, 0) is 17.8 Å². The van der Waals surface area contributed by atoms with Gasteiger partial charge in [0, 0.05) is 46.6 Å². The second-order valence-electron chi connectivity index (χ2n) is 10.8. The van der Waals surface area contributed by atoms with Crippen molar-refractivity contribution in [2.45, 2.75) is 69.4 Å². The molecule has 3 aromatic rings. The molecular formula is C29H40N4OS. The molecule has 2 aromatic carbocycles. The van der Waals surface area contributed by atoms with Crippen LogP contribution in [0.1, 0.15) is 56.6 Å². The number of likely N-dealkylation sites (tertiary alicyclic amines) is 2. The molecule has 2 aliphatic heterocycles. The van der Waals surface area contributed by atoms with Crippen molar-refractivity contribution in [3.63, 3.8) is 0 Å². The van der Waals surface area contributed by atoms with Crippen LogP contribution in [0.4, 0.5) is 0 Å².